The molecule has 1 N–H and O–H groups in total. The van der Waals surface area contributed by atoms with Gasteiger partial charge in [0.15, 0.2) is 0 Å². The van der Waals surface area contributed by atoms with Crippen LogP contribution in [0.1, 0.15) is 0 Å². The van der Waals surface area contributed by atoms with Crippen LogP contribution in [0.25, 0.3) is 0 Å². The second kappa shape index (κ2) is 3.61. The van der Waals surface area contributed by atoms with Crippen molar-refractivity contribution in [3.8, 4) is 0 Å². The molecule has 0 aromatic heterocycles. The van der Waals surface area contributed by atoms with Crippen LogP contribution in [-0.4, -0.2) is 28.0 Å². The van der Waals surface area contributed by atoms with E-state index in [0.717, 1.165) is 11.5 Å². The molecule has 4 heteroatoms. The lowest BCUT2D eigenvalue weighted by molar-refractivity contribution is -0.248. The summed E-state index contributed by atoms with van der Waals surface area (Å²) in [5, 5.41) is 8.16. The molecular weight excluding hydrogens is 144 g/mol. The molecule has 2 nitrogen and oxygen atoms in total. The zero-order valence-corrected chi connectivity index (χ0v) is 6.00. The fourth-order valence-corrected chi connectivity index (χ4v) is 2.80. The number of hydrogen-bond acceptors (Lipinski definition) is 4. The molecule has 1 atom stereocenters. The Hall–Kier alpha value is 0.620. The number of rotatable bonds is 1. The first-order valence-electron chi connectivity index (χ1n) is 2.43. The third-order valence-electron chi connectivity index (χ3n) is 0.903. The molecule has 0 amide bonds. The quantitative estimate of drug-likeness (QED) is 0.453. The monoisotopic (exact) mass is 152 g/mol. The van der Waals surface area contributed by atoms with Gasteiger partial charge in [-0.3, -0.25) is 5.26 Å². The average Bonchev–Trinajstić information content (AvgIpc) is 1.90. The molecule has 0 radical (unpaired) electrons. The van der Waals surface area contributed by atoms with Gasteiger partial charge in [0.05, 0.1) is 0 Å². The van der Waals surface area contributed by atoms with Gasteiger partial charge >= 0.3 is 0 Å². The van der Waals surface area contributed by atoms with E-state index in [1.807, 2.05) is 11.8 Å². The SMILES string of the molecule is OOC1CSCCS1. The van der Waals surface area contributed by atoms with E-state index in [1.165, 1.54) is 5.75 Å². The van der Waals surface area contributed by atoms with E-state index in [1.54, 1.807) is 11.8 Å². The number of thioether (sulfide) groups is 2. The van der Waals surface area contributed by atoms with Gasteiger partial charge in [0.2, 0.25) is 0 Å². The Morgan fingerprint density at radius 3 is 2.75 bits per heavy atom. The van der Waals surface area contributed by atoms with Gasteiger partial charge < -0.3 is 0 Å². The van der Waals surface area contributed by atoms with Crippen LogP contribution in [-0.2, 0) is 4.89 Å². The van der Waals surface area contributed by atoms with E-state index >= 15 is 0 Å². The fraction of sp³-hybridized carbons (Fsp3) is 1.00. The summed E-state index contributed by atoms with van der Waals surface area (Å²) in [7, 11) is 0. The van der Waals surface area contributed by atoms with Gasteiger partial charge in [-0.25, -0.2) is 4.89 Å². The predicted octanol–water partition coefficient (Wildman–Crippen LogP) is 1.28. The van der Waals surface area contributed by atoms with Crippen molar-refractivity contribution in [2.24, 2.45) is 0 Å². The molecule has 0 aromatic carbocycles. The minimum atomic E-state index is 0.0220. The van der Waals surface area contributed by atoms with Crippen LogP contribution in [0.15, 0.2) is 0 Å². The smallest absolute Gasteiger partial charge is 0.147 e. The summed E-state index contributed by atoms with van der Waals surface area (Å²) in [4.78, 5) is 4.13. The first-order chi connectivity index (χ1) is 3.93. The molecule has 1 unspecified atom stereocenters. The average molecular weight is 152 g/mol. The van der Waals surface area contributed by atoms with Crippen LogP contribution in [0.2, 0.25) is 0 Å². The molecule has 1 fully saturated rings. The summed E-state index contributed by atoms with van der Waals surface area (Å²) in [5.74, 6) is 3.20. The lowest BCUT2D eigenvalue weighted by atomic mass is 10.8. The first-order valence-corrected chi connectivity index (χ1v) is 4.63. The van der Waals surface area contributed by atoms with Gasteiger partial charge in [0.25, 0.3) is 0 Å². The largest absolute Gasteiger partial charge is 0.251 e. The van der Waals surface area contributed by atoms with Crippen LogP contribution in [0, 0.1) is 0 Å². The van der Waals surface area contributed by atoms with Gasteiger partial charge in [0, 0.05) is 17.3 Å². The van der Waals surface area contributed by atoms with E-state index in [9.17, 15) is 0 Å². The highest BCUT2D eigenvalue weighted by molar-refractivity contribution is 8.06. The summed E-state index contributed by atoms with van der Waals surface area (Å²) in [6, 6.07) is 0. The van der Waals surface area contributed by atoms with Crippen molar-refractivity contribution >= 4 is 23.5 Å². The highest BCUT2D eigenvalue weighted by atomic mass is 32.2. The maximum Gasteiger partial charge on any atom is 0.147 e. The van der Waals surface area contributed by atoms with Crippen LogP contribution in [0.3, 0.4) is 0 Å². The first kappa shape index (κ1) is 6.74. The summed E-state index contributed by atoms with van der Waals surface area (Å²) < 4.78 is 0. The van der Waals surface area contributed by atoms with Crippen molar-refractivity contribution in [2.45, 2.75) is 5.44 Å². The maximum atomic E-state index is 8.16. The summed E-state index contributed by atoms with van der Waals surface area (Å²) in [5.41, 5.74) is 0.0220. The van der Waals surface area contributed by atoms with Gasteiger partial charge in [-0.2, -0.15) is 11.8 Å². The van der Waals surface area contributed by atoms with E-state index in [0.29, 0.717) is 0 Å². The Labute approximate surface area is 56.9 Å². The topological polar surface area (TPSA) is 29.5 Å². The minimum Gasteiger partial charge on any atom is -0.251 e. The van der Waals surface area contributed by atoms with Crippen molar-refractivity contribution in [3.05, 3.63) is 0 Å². The van der Waals surface area contributed by atoms with Gasteiger partial charge in [0.1, 0.15) is 5.44 Å². The molecule has 1 rings (SSSR count). The highest BCUT2D eigenvalue weighted by Crippen LogP contribution is 2.23. The van der Waals surface area contributed by atoms with E-state index < -0.39 is 0 Å². The van der Waals surface area contributed by atoms with E-state index in [4.69, 9.17) is 5.26 Å². The molecule has 1 aliphatic rings. The van der Waals surface area contributed by atoms with E-state index in [-0.39, 0.29) is 5.44 Å². The Kier molecular flexibility index (Phi) is 3.04. The molecule has 1 saturated heterocycles. The van der Waals surface area contributed by atoms with Crippen molar-refractivity contribution in [1.82, 2.24) is 0 Å². The van der Waals surface area contributed by atoms with Crippen molar-refractivity contribution in [3.63, 3.8) is 0 Å². The lowest BCUT2D eigenvalue weighted by Gasteiger charge is -2.16. The standard InChI is InChI=1S/C4H8O2S2/c5-6-4-3-7-1-2-8-4/h4-5H,1-3H2. The molecule has 8 heavy (non-hydrogen) atoms. The van der Waals surface area contributed by atoms with Gasteiger partial charge in [-0.15, -0.1) is 11.8 Å². The Balaban J connectivity index is 2.13. The van der Waals surface area contributed by atoms with Crippen LogP contribution in [0.4, 0.5) is 0 Å². The molecule has 0 saturated carbocycles. The van der Waals surface area contributed by atoms with Crippen molar-refractivity contribution in [2.75, 3.05) is 17.3 Å². The zero-order valence-electron chi connectivity index (χ0n) is 4.37. The molecule has 1 heterocycles. The van der Waals surface area contributed by atoms with E-state index in [2.05, 4.69) is 4.89 Å². The van der Waals surface area contributed by atoms with Crippen LogP contribution >= 0.6 is 23.5 Å². The Morgan fingerprint density at radius 2 is 2.38 bits per heavy atom. The third kappa shape index (κ3) is 1.85. The zero-order chi connectivity index (χ0) is 5.82. The molecule has 0 bridgehead atoms. The number of hydrogen-bond donors (Lipinski definition) is 1. The predicted molar refractivity (Wildman–Crippen MR) is 37.3 cm³/mol. The van der Waals surface area contributed by atoms with Crippen molar-refractivity contribution in [1.29, 1.82) is 0 Å². The van der Waals surface area contributed by atoms with Crippen molar-refractivity contribution < 1.29 is 10.1 Å². The maximum absolute atomic E-state index is 8.16. The fourth-order valence-electron chi connectivity index (χ4n) is 0.527. The normalized spacial score (nSPS) is 30.4. The third-order valence-corrected chi connectivity index (χ3v) is 3.47. The van der Waals surface area contributed by atoms with Crippen LogP contribution in [0.5, 0.6) is 0 Å². The molecule has 1 aliphatic heterocycles. The highest BCUT2D eigenvalue weighted by Gasteiger charge is 2.13. The summed E-state index contributed by atoms with van der Waals surface area (Å²) in [6.45, 7) is 0. The van der Waals surface area contributed by atoms with Gasteiger partial charge in [-0.05, 0) is 0 Å². The molecule has 0 spiro atoms. The Bertz CT molecular complexity index is 63.1. The minimum absolute atomic E-state index is 0.0220. The van der Waals surface area contributed by atoms with Crippen LogP contribution < -0.4 is 0 Å². The second-order valence-corrected chi connectivity index (χ2v) is 3.90. The Morgan fingerprint density at radius 1 is 1.50 bits per heavy atom. The molecular formula is C4H8O2S2. The summed E-state index contributed by atoms with van der Waals surface area (Å²) >= 11 is 3.49. The lowest BCUT2D eigenvalue weighted by Crippen LogP contribution is -2.15. The second-order valence-electron chi connectivity index (χ2n) is 1.48. The van der Waals surface area contributed by atoms with Gasteiger partial charge in [-0.1, -0.05) is 0 Å². The molecule has 0 aliphatic carbocycles. The molecule has 0 aromatic rings. The molecule has 48 valence electrons. The summed E-state index contributed by atoms with van der Waals surface area (Å²) in [6.07, 6.45) is 0.